The Labute approximate surface area is 187 Å². The number of aliphatic carboxylic acids is 1. The standard InChI is InChI=1S/C25H28N2O5/c1-15(24(29)30)10-11-26-23(28)16-12-17(13-16)27-25(31)32-14-22-20-8-4-2-6-18(20)19-7-3-5-9-21(19)22/h2-9,15-17,22H,10-14H2,1H3,(H,26,28)(H,27,31)(H,29,30). The first kappa shape index (κ1) is 21.9. The van der Waals surface area contributed by atoms with Crippen molar-refractivity contribution in [2.24, 2.45) is 11.8 Å². The van der Waals surface area contributed by atoms with Crippen molar-refractivity contribution < 1.29 is 24.2 Å². The predicted molar refractivity (Wildman–Crippen MR) is 119 cm³/mol. The molecule has 2 aromatic carbocycles. The van der Waals surface area contributed by atoms with E-state index in [0.29, 0.717) is 25.8 Å². The Morgan fingerprint density at radius 3 is 2.22 bits per heavy atom. The van der Waals surface area contributed by atoms with Gasteiger partial charge in [0.2, 0.25) is 5.91 Å². The number of fused-ring (bicyclic) bond motifs is 3. The summed E-state index contributed by atoms with van der Waals surface area (Å²) >= 11 is 0. The van der Waals surface area contributed by atoms with Crippen LogP contribution >= 0.6 is 0 Å². The van der Waals surface area contributed by atoms with E-state index >= 15 is 0 Å². The Kier molecular flexibility index (Phi) is 6.44. The lowest BCUT2D eigenvalue weighted by molar-refractivity contribution is -0.141. The molecule has 7 nitrogen and oxygen atoms in total. The van der Waals surface area contributed by atoms with Crippen molar-refractivity contribution in [3.63, 3.8) is 0 Å². The Balaban J connectivity index is 1.21. The molecule has 1 fully saturated rings. The molecule has 0 aliphatic heterocycles. The third-order valence-electron chi connectivity index (χ3n) is 6.47. The molecule has 4 rings (SSSR count). The fourth-order valence-electron chi connectivity index (χ4n) is 4.44. The monoisotopic (exact) mass is 436 g/mol. The van der Waals surface area contributed by atoms with Gasteiger partial charge in [-0.3, -0.25) is 9.59 Å². The van der Waals surface area contributed by atoms with Crippen LogP contribution in [0, 0.1) is 11.8 Å². The van der Waals surface area contributed by atoms with Crippen LogP contribution in [-0.2, 0) is 14.3 Å². The van der Waals surface area contributed by atoms with E-state index in [2.05, 4.69) is 34.9 Å². The number of rotatable bonds is 8. The van der Waals surface area contributed by atoms with Gasteiger partial charge in [0.05, 0.1) is 5.92 Å². The number of carbonyl (C=O) groups excluding carboxylic acids is 2. The second-order valence-corrected chi connectivity index (χ2v) is 8.65. The van der Waals surface area contributed by atoms with E-state index in [4.69, 9.17) is 9.84 Å². The summed E-state index contributed by atoms with van der Waals surface area (Å²) in [5, 5.41) is 14.5. The molecule has 0 saturated heterocycles. The van der Waals surface area contributed by atoms with Crippen LogP contribution in [0.5, 0.6) is 0 Å². The number of alkyl carbamates (subject to hydrolysis) is 1. The number of amides is 2. The lowest BCUT2D eigenvalue weighted by atomic mass is 9.79. The van der Waals surface area contributed by atoms with Gasteiger partial charge < -0.3 is 20.5 Å². The van der Waals surface area contributed by atoms with Gasteiger partial charge in [0, 0.05) is 24.4 Å². The number of hydrogen-bond donors (Lipinski definition) is 3. The number of ether oxygens (including phenoxy) is 1. The van der Waals surface area contributed by atoms with Gasteiger partial charge in [-0.2, -0.15) is 0 Å². The van der Waals surface area contributed by atoms with Crippen molar-refractivity contribution in [2.45, 2.75) is 38.1 Å². The molecule has 2 aliphatic rings. The van der Waals surface area contributed by atoms with Crippen LogP contribution < -0.4 is 10.6 Å². The minimum Gasteiger partial charge on any atom is -0.481 e. The number of carboxylic acids is 1. The second kappa shape index (κ2) is 9.42. The van der Waals surface area contributed by atoms with Gasteiger partial charge in [0.1, 0.15) is 6.61 Å². The van der Waals surface area contributed by atoms with E-state index in [1.165, 1.54) is 22.3 Å². The SMILES string of the molecule is CC(CCNC(=O)C1CC(NC(=O)OCC2c3ccccc3-c3ccccc32)C1)C(=O)O. The Morgan fingerprint density at radius 1 is 1.03 bits per heavy atom. The molecule has 32 heavy (non-hydrogen) atoms. The Morgan fingerprint density at radius 2 is 1.62 bits per heavy atom. The minimum absolute atomic E-state index is 0.0151. The van der Waals surface area contributed by atoms with Gasteiger partial charge in [-0.1, -0.05) is 55.5 Å². The molecule has 1 unspecified atom stereocenters. The number of carbonyl (C=O) groups is 3. The molecule has 2 aromatic rings. The normalized spacial score (nSPS) is 19.8. The van der Waals surface area contributed by atoms with Crippen LogP contribution in [-0.4, -0.2) is 42.3 Å². The maximum Gasteiger partial charge on any atom is 0.407 e. The van der Waals surface area contributed by atoms with Gasteiger partial charge in [-0.25, -0.2) is 4.79 Å². The van der Waals surface area contributed by atoms with Gasteiger partial charge in [-0.05, 0) is 41.5 Å². The zero-order chi connectivity index (χ0) is 22.7. The fraction of sp³-hybridized carbons (Fsp3) is 0.400. The molecule has 7 heteroatoms. The van der Waals surface area contributed by atoms with E-state index in [0.717, 1.165) is 0 Å². The lowest BCUT2D eigenvalue weighted by Crippen LogP contribution is -2.49. The third-order valence-corrected chi connectivity index (χ3v) is 6.47. The maximum atomic E-state index is 12.3. The highest BCUT2D eigenvalue weighted by Crippen LogP contribution is 2.44. The number of nitrogens with one attached hydrogen (secondary N) is 2. The molecule has 0 radical (unpaired) electrons. The summed E-state index contributed by atoms with van der Waals surface area (Å²) in [6.07, 6.45) is 1.05. The molecule has 0 heterocycles. The first-order valence-corrected chi connectivity index (χ1v) is 11.1. The zero-order valence-electron chi connectivity index (χ0n) is 18.0. The molecule has 2 aliphatic carbocycles. The van der Waals surface area contributed by atoms with Gasteiger partial charge in [0.25, 0.3) is 0 Å². The van der Waals surface area contributed by atoms with Crippen molar-refractivity contribution in [3.05, 3.63) is 59.7 Å². The second-order valence-electron chi connectivity index (χ2n) is 8.65. The summed E-state index contributed by atoms with van der Waals surface area (Å²) in [4.78, 5) is 35.3. The van der Waals surface area contributed by atoms with E-state index in [-0.39, 0.29) is 30.4 Å². The topological polar surface area (TPSA) is 105 Å². The van der Waals surface area contributed by atoms with Gasteiger partial charge >= 0.3 is 12.1 Å². The Hall–Kier alpha value is -3.35. The first-order valence-electron chi connectivity index (χ1n) is 11.1. The average Bonchev–Trinajstić information content (AvgIpc) is 3.08. The van der Waals surface area contributed by atoms with Crippen molar-refractivity contribution in [3.8, 4) is 11.1 Å². The average molecular weight is 437 g/mol. The number of carboxylic acid groups (broad SMARTS) is 1. The quantitative estimate of drug-likeness (QED) is 0.587. The van der Waals surface area contributed by atoms with Crippen LogP contribution in [0.1, 0.15) is 43.2 Å². The van der Waals surface area contributed by atoms with Crippen LogP contribution in [0.25, 0.3) is 11.1 Å². The molecular weight excluding hydrogens is 408 g/mol. The molecule has 0 spiro atoms. The third kappa shape index (κ3) is 4.61. The van der Waals surface area contributed by atoms with E-state index in [1.54, 1.807) is 6.92 Å². The summed E-state index contributed by atoms with van der Waals surface area (Å²) in [5.41, 5.74) is 4.70. The summed E-state index contributed by atoms with van der Waals surface area (Å²) in [6, 6.07) is 16.3. The molecule has 2 amide bonds. The molecule has 1 saturated carbocycles. The zero-order valence-corrected chi connectivity index (χ0v) is 18.0. The lowest BCUT2D eigenvalue weighted by Gasteiger charge is -2.34. The molecule has 168 valence electrons. The highest BCUT2D eigenvalue weighted by Gasteiger charge is 2.36. The van der Waals surface area contributed by atoms with Gasteiger partial charge in [0.15, 0.2) is 0 Å². The van der Waals surface area contributed by atoms with E-state index < -0.39 is 18.0 Å². The first-order chi connectivity index (χ1) is 15.4. The predicted octanol–water partition coefficient (Wildman–Crippen LogP) is 3.53. The summed E-state index contributed by atoms with van der Waals surface area (Å²) in [7, 11) is 0. The van der Waals surface area contributed by atoms with Crippen molar-refractivity contribution in [2.75, 3.05) is 13.2 Å². The Bertz CT molecular complexity index is 969. The van der Waals surface area contributed by atoms with Crippen LogP contribution in [0.2, 0.25) is 0 Å². The highest BCUT2D eigenvalue weighted by molar-refractivity contribution is 5.81. The minimum atomic E-state index is -0.866. The maximum absolute atomic E-state index is 12.3. The summed E-state index contributed by atoms with van der Waals surface area (Å²) in [5.74, 6) is -1.58. The van der Waals surface area contributed by atoms with Crippen LogP contribution in [0.4, 0.5) is 4.79 Å². The largest absolute Gasteiger partial charge is 0.481 e. The summed E-state index contributed by atoms with van der Waals surface area (Å²) in [6.45, 7) is 2.22. The van der Waals surface area contributed by atoms with Gasteiger partial charge in [-0.15, -0.1) is 0 Å². The number of hydrogen-bond acceptors (Lipinski definition) is 4. The van der Waals surface area contributed by atoms with Crippen molar-refractivity contribution in [1.82, 2.24) is 10.6 Å². The van der Waals surface area contributed by atoms with E-state index in [1.807, 2.05) is 24.3 Å². The van der Waals surface area contributed by atoms with Crippen molar-refractivity contribution in [1.29, 1.82) is 0 Å². The fourth-order valence-corrected chi connectivity index (χ4v) is 4.44. The molecule has 0 aromatic heterocycles. The van der Waals surface area contributed by atoms with Crippen LogP contribution in [0.15, 0.2) is 48.5 Å². The molecule has 1 atom stereocenters. The summed E-state index contributed by atoms with van der Waals surface area (Å²) < 4.78 is 5.55. The van der Waals surface area contributed by atoms with Crippen LogP contribution in [0.3, 0.4) is 0 Å². The molecule has 3 N–H and O–H groups in total. The smallest absolute Gasteiger partial charge is 0.407 e. The molecule has 0 bridgehead atoms. The molecular formula is C25H28N2O5. The highest BCUT2D eigenvalue weighted by atomic mass is 16.5. The number of benzene rings is 2. The van der Waals surface area contributed by atoms with E-state index in [9.17, 15) is 14.4 Å². The van der Waals surface area contributed by atoms with Crippen molar-refractivity contribution >= 4 is 18.0 Å².